The van der Waals surface area contributed by atoms with Crippen molar-refractivity contribution in [3.8, 4) is 0 Å². The first kappa shape index (κ1) is 11.1. The summed E-state index contributed by atoms with van der Waals surface area (Å²) in [5, 5.41) is 7.30. The van der Waals surface area contributed by atoms with Crippen LogP contribution in [0.25, 0.3) is 0 Å². The molecule has 0 aliphatic heterocycles. The van der Waals surface area contributed by atoms with Crippen LogP contribution in [0.3, 0.4) is 0 Å². The lowest BCUT2D eigenvalue weighted by atomic mass is 10.7. The molecule has 9 heteroatoms. The lowest BCUT2D eigenvalue weighted by Crippen LogP contribution is -2.12. The van der Waals surface area contributed by atoms with Gasteiger partial charge in [0, 0.05) is 13.2 Å². The van der Waals surface area contributed by atoms with Crippen LogP contribution in [-0.4, -0.2) is 24.7 Å². The zero-order valence-electron chi connectivity index (χ0n) is 8.14. The summed E-state index contributed by atoms with van der Waals surface area (Å²) >= 11 is 4.51. The summed E-state index contributed by atoms with van der Waals surface area (Å²) in [7, 11) is 1.62. The van der Waals surface area contributed by atoms with Gasteiger partial charge in [-0.2, -0.15) is 0 Å². The molecular formula is C7H7BrN6OS. The van der Waals surface area contributed by atoms with E-state index < -0.39 is 0 Å². The standard InChI is InChI=1S/C7H7BrN6OS/c1-14-6(15)12-13-7(14)16-4-3(8)2-10-5(9)11-4/h2H,1H3,(H,12,15)(H2,9,10,11). The molecule has 0 fully saturated rings. The molecule has 7 nitrogen and oxygen atoms in total. The number of nitrogen functional groups attached to an aromatic ring is 1. The van der Waals surface area contributed by atoms with Crippen molar-refractivity contribution in [2.45, 2.75) is 10.2 Å². The molecule has 0 bridgehead atoms. The van der Waals surface area contributed by atoms with E-state index in [4.69, 9.17) is 5.73 Å². The minimum atomic E-state index is -0.277. The van der Waals surface area contributed by atoms with Crippen LogP contribution in [0.5, 0.6) is 0 Å². The second kappa shape index (κ2) is 4.26. The SMILES string of the molecule is Cn1c(Sc2nc(N)ncc2Br)n[nH]c1=O. The van der Waals surface area contributed by atoms with E-state index in [1.165, 1.54) is 16.3 Å². The van der Waals surface area contributed by atoms with E-state index in [1.807, 2.05) is 0 Å². The molecule has 0 unspecified atom stereocenters. The van der Waals surface area contributed by atoms with E-state index in [9.17, 15) is 4.79 Å². The van der Waals surface area contributed by atoms with Crippen molar-refractivity contribution in [2.24, 2.45) is 7.05 Å². The molecule has 0 saturated carbocycles. The Morgan fingerprint density at radius 1 is 1.62 bits per heavy atom. The summed E-state index contributed by atoms with van der Waals surface area (Å²) in [6, 6.07) is 0. The number of hydrogen-bond acceptors (Lipinski definition) is 6. The van der Waals surface area contributed by atoms with Crippen molar-refractivity contribution in [3.05, 3.63) is 21.2 Å². The van der Waals surface area contributed by atoms with E-state index >= 15 is 0 Å². The summed E-state index contributed by atoms with van der Waals surface area (Å²) in [6.07, 6.45) is 1.55. The average Bonchev–Trinajstić information content (AvgIpc) is 2.55. The zero-order valence-corrected chi connectivity index (χ0v) is 10.5. The smallest absolute Gasteiger partial charge is 0.343 e. The minimum absolute atomic E-state index is 0.172. The molecular weight excluding hydrogens is 296 g/mol. The maximum absolute atomic E-state index is 11.1. The van der Waals surface area contributed by atoms with E-state index in [-0.39, 0.29) is 11.6 Å². The van der Waals surface area contributed by atoms with Crippen molar-refractivity contribution in [1.29, 1.82) is 0 Å². The fraction of sp³-hybridized carbons (Fsp3) is 0.143. The molecule has 3 N–H and O–H groups in total. The molecule has 0 spiro atoms. The number of nitrogens with one attached hydrogen (secondary N) is 1. The highest BCUT2D eigenvalue weighted by Gasteiger charge is 2.11. The van der Waals surface area contributed by atoms with Crippen LogP contribution in [0.15, 0.2) is 25.6 Å². The van der Waals surface area contributed by atoms with Crippen LogP contribution in [0.2, 0.25) is 0 Å². The molecule has 0 atom stereocenters. The fourth-order valence-electron chi connectivity index (χ4n) is 0.946. The first-order valence-electron chi connectivity index (χ1n) is 4.15. The van der Waals surface area contributed by atoms with E-state index in [2.05, 4.69) is 36.1 Å². The van der Waals surface area contributed by atoms with Crippen molar-refractivity contribution >= 4 is 33.6 Å². The Morgan fingerprint density at radius 3 is 3.00 bits per heavy atom. The summed E-state index contributed by atoms with van der Waals surface area (Å²) in [4.78, 5) is 19.0. The maximum Gasteiger partial charge on any atom is 0.343 e. The van der Waals surface area contributed by atoms with Gasteiger partial charge in [-0.3, -0.25) is 4.57 Å². The van der Waals surface area contributed by atoms with Gasteiger partial charge < -0.3 is 5.73 Å². The second-order valence-corrected chi connectivity index (χ2v) is 4.66. The number of nitrogens with two attached hydrogens (primary N) is 1. The number of hydrogen-bond donors (Lipinski definition) is 2. The van der Waals surface area contributed by atoms with Gasteiger partial charge in [0.05, 0.1) is 4.47 Å². The number of H-pyrrole nitrogens is 1. The van der Waals surface area contributed by atoms with E-state index in [1.54, 1.807) is 13.2 Å². The molecule has 2 aromatic rings. The predicted octanol–water partition coefficient (Wildman–Crippen LogP) is 0.394. The van der Waals surface area contributed by atoms with E-state index in [0.29, 0.717) is 14.7 Å². The number of anilines is 1. The molecule has 0 amide bonds. The van der Waals surface area contributed by atoms with Crippen LogP contribution >= 0.6 is 27.7 Å². The van der Waals surface area contributed by atoms with Crippen molar-refractivity contribution in [1.82, 2.24) is 24.7 Å². The highest BCUT2D eigenvalue weighted by Crippen LogP contribution is 2.29. The van der Waals surface area contributed by atoms with Gasteiger partial charge in [0.2, 0.25) is 5.95 Å². The Bertz CT molecular complexity index is 578. The molecule has 0 saturated heterocycles. The lowest BCUT2D eigenvalue weighted by molar-refractivity contribution is 0.764. The Hall–Kier alpha value is -1.35. The molecule has 2 rings (SSSR count). The first-order chi connectivity index (χ1) is 7.58. The van der Waals surface area contributed by atoms with Crippen LogP contribution < -0.4 is 11.4 Å². The van der Waals surface area contributed by atoms with Crippen LogP contribution in [0.1, 0.15) is 0 Å². The van der Waals surface area contributed by atoms with Crippen molar-refractivity contribution in [2.75, 3.05) is 5.73 Å². The predicted molar refractivity (Wildman–Crippen MR) is 62.1 cm³/mol. The normalized spacial score (nSPS) is 10.6. The number of rotatable bonds is 2. The number of halogens is 1. The Balaban J connectivity index is 2.37. The van der Waals surface area contributed by atoms with Gasteiger partial charge in [0.25, 0.3) is 0 Å². The number of nitrogens with zero attached hydrogens (tertiary/aromatic N) is 4. The number of aromatic amines is 1. The molecule has 0 aliphatic rings. The summed E-state index contributed by atoms with van der Waals surface area (Å²) < 4.78 is 2.08. The molecule has 16 heavy (non-hydrogen) atoms. The first-order valence-corrected chi connectivity index (χ1v) is 5.76. The maximum atomic E-state index is 11.1. The van der Waals surface area contributed by atoms with Gasteiger partial charge in [-0.1, -0.05) is 0 Å². The van der Waals surface area contributed by atoms with Crippen LogP contribution in [0, 0.1) is 0 Å². The van der Waals surface area contributed by atoms with Gasteiger partial charge in [0.1, 0.15) is 5.03 Å². The summed E-state index contributed by atoms with van der Waals surface area (Å²) in [5.41, 5.74) is 5.19. The Morgan fingerprint density at radius 2 is 2.38 bits per heavy atom. The largest absolute Gasteiger partial charge is 0.368 e. The molecule has 0 aliphatic carbocycles. The van der Waals surface area contributed by atoms with Crippen molar-refractivity contribution in [3.63, 3.8) is 0 Å². The van der Waals surface area contributed by atoms with Gasteiger partial charge in [-0.25, -0.2) is 19.9 Å². The van der Waals surface area contributed by atoms with Gasteiger partial charge in [-0.05, 0) is 27.7 Å². The monoisotopic (exact) mass is 302 g/mol. The molecule has 0 radical (unpaired) electrons. The molecule has 2 heterocycles. The van der Waals surface area contributed by atoms with Crippen LogP contribution in [-0.2, 0) is 7.05 Å². The van der Waals surface area contributed by atoms with Crippen LogP contribution in [0.4, 0.5) is 5.95 Å². The molecule has 0 aromatic carbocycles. The van der Waals surface area contributed by atoms with Gasteiger partial charge >= 0.3 is 5.69 Å². The zero-order chi connectivity index (χ0) is 11.7. The number of aromatic nitrogens is 5. The van der Waals surface area contributed by atoms with Crippen molar-refractivity contribution < 1.29 is 0 Å². The second-order valence-electron chi connectivity index (χ2n) is 2.85. The topological polar surface area (TPSA) is 102 Å². The third-order valence-electron chi connectivity index (χ3n) is 1.76. The fourth-order valence-corrected chi connectivity index (χ4v) is 2.15. The third-order valence-corrected chi connectivity index (χ3v) is 3.65. The average molecular weight is 303 g/mol. The van der Waals surface area contributed by atoms with Gasteiger partial charge in [-0.15, -0.1) is 5.10 Å². The molecule has 84 valence electrons. The molecule has 2 aromatic heterocycles. The highest BCUT2D eigenvalue weighted by molar-refractivity contribution is 9.10. The quantitative estimate of drug-likeness (QED) is 0.778. The van der Waals surface area contributed by atoms with Gasteiger partial charge in [0.15, 0.2) is 5.16 Å². The summed E-state index contributed by atoms with van der Waals surface area (Å²) in [6.45, 7) is 0. The minimum Gasteiger partial charge on any atom is -0.368 e. The highest BCUT2D eigenvalue weighted by atomic mass is 79.9. The Kier molecular flexibility index (Phi) is 2.97. The Labute approximate surface area is 103 Å². The third kappa shape index (κ3) is 2.09. The van der Waals surface area contributed by atoms with E-state index in [0.717, 1.165) is 0 Å². The lowest BCUT2D eigenvalue weighted by Gasteiger charge is -2.02. The summed E-state index contributed by atoms with van der Waals surface area (Å²) in [5.74, 6) is 0.172.